The van der Waals surface area contributed by atoms with Gasteiger partial charge in [-0.3, -0.25) is 9.59 Å². The number of Topliss-reactive ketones (excluding diaryl/α,β-unsaturated/α-hetero) is 1. The molecular weight excluding hydrogens is 500 g/mol. The van der Waals surface area contributed by atoms with Gasteiger partial charge in [-0.1, -0.05) is 18.2 Å². The van der Waals surface area contributed by atoms with Crippen LogP contribution in [0.4, 0.5) is 0 Å². The predicted molar refractivity (Wildman–Crippen MR) is 146 cm³/mol. The number of nitrogens with one attached hydrogen (secondary N) is 1. The second kappa shape index (κ2) is 14.0. The van der Waals surface area contributed by atoms with Gasteiger partial charge in [-0.25, -0.2) is 0 Å². The summed E-state index contributed by atoms with van der Waals surface area (Å²) < 4.78 is 22.0. The van der Waals surface area contributed by atoms with Crippen LogP contribution < -0.4 is 14.8 Å². The summed E-state index contributed by atoms with van der Waals surface area (Å²) in [5, 5.41) is 14.2. The lowest BCUT2D eigenvalue weighted by molar-refractivity contribution is -0.122. The lowest BCUT2D eigenvalue weighted by Crippen LogP contribution is -2.51. The minimum Gasteiger partial charge on any atom is -0.493 e. The molecule has 39 heavy (non-hydrogen) atoms. The first-order chi connectivity index (χ1) is 19.0. The molecular formula is C30H38N2O7. The van der Waals surface area contributed by atoms with Crippen LogP contribution in [0.1, 0.15) is 55.3 Å². The first-order valence-corrected chi connectivity index (χ1v) is 13.5. The van der Waals surface area contributed by atoms with Crippen molar-refractivity contribution in [1.29, 1.82) is 0 Å². The van der Waals surface area contributed by atoms with Crippen LogP contribution in [0, 0.1) is 0 Å². The van der Waals surface area contributed by atoms with E-state index in [0.29, 0.717) is 35.8 Å². The topological polar surface area (TPSA) is 107 Å². The molecule has 1 amide bonds. The maximum atomic E-state index is 12.9. The molecule has 2 atom stereocenters. The Morgan fingerprint density at radius 1 is 1.10 bits per heavy atom. The average Bonchev–Trinajstić information content (AvgIpc) is 3.49. The molecule has 1 aromatic carbocycles. The van der Waals surface area contributed by atoms with Crippen LogP contribution in [0.2, 0.25) is 0 Å². The van der Waals surface area contributed by atoms with Gasteiger partial charge in [0.2, 0.25) is 5.91 Å². The predicted octanol–water partition coefficient (Wildman–Crippen LogP) is 4.00. The number of nitrogens with zero attached hydrogens (tertiary/aromatic N) is 1. The molecule has 2 aliphatic heterocycles. The van der Waals surface area contributed by atoms with Gasteiger partial charge in [0.1, 0.15) is 18.6 Å². The number of likely N-dealkylation sites (tertiary alicyclic amines) is 1. The molecule has 0 spiro atoms. The van der Waals surface area contributed by atoms with Crippen LogP contribution in [0.15, 0.2) is 66.0 Å². The number of carbonyl (C=O) groups excluding carboxylic acids is 2. The van der Waals surface area contributed by atoms with E-state index in [1.165, 1.54) is 26.7 Å². The second-order valence-corrected chi connectivity index (χ2v) is 9.87. The average molecular weight is 539 g/mol. The number of allylic oxidation sites excluding steroid dienone is 4. The number of ether oxygens (including phenoxy) is 4. The number of aliphatic hydroxyl groups is 1. The Hall–Kier alpha value is -3.56. The summed E-state index contributed by atoms with van der Waals surface area (Å²) >= 11 is 0. The van der Waals surface area contributed by atoms with E-state index in [2.05, 4.69) is 16.3 Å². The highest BCUT2D eigenvalue weighted by molar-refractivity contribution is 5.96. The van der Waals surface area contributed by atoms with Gasteiger partial charge in [-0.05, 0) is 69.0 Å². The summed E-state index contributed by atoms with van der Waals surface area (Å²) in [6.07, 6.45) is 12.5. The van der Waals surface area contributed by atoms with Gasteiger partial charge in [-0.2, -0.15) is 0 Å². The zero-order valence-corrected chi connectivity index (χ0v) is 22.7. The van der Waals surface area contributed by atoms with E-state index in [1.54, 1.807) is 18.2 Å². The lowest BCUT2D eigenvalue weighted by atomic mass is 10.0. The molecule has 1 fully saturated rings. The number of hydrogen-bond acceptors (Lipinski definition) is 8. The van der Waals surface area contributed by atoms with Crippen LogP contribution in [0.25, 0.3) is 0 Å². The van der Waals surface area contributed by atoms with E-state index in [1.807, 2.05) is 12.2 Å². The summed E-state index contributed by atoms with van der Waals surface area (Å²) in [6, 6.07) is 4.43. The molecule has 210 valence electrons. The van der Waals surface area contributed by atoms with Crippen molar-refractivity contribution in [3.05, 3.63) is 71.6 Å². The molecule has 2 N–H and O–H groups in total. The minimum absolute atomic E-state index is 0.0820. The third kappa shape index (κ3) is 7.74. The van der Waals surface area contributed by atoms with Gasteiger partial charge < -0.3 is 34.3 Å². The molecule has 9 nitrogen and oxygen atoms in total. The van der Waals surface area contributed by atoms with Crippen molar-refractivity contribution in [2.45, 2.75) is 57.1 Å². The van der Waals surface area contributed by atoms with Crippen molar-refractivity contribution in [3.63, 3.8) is 0 Å². The fourth-order valence-electron chi connectivity index (χ4n) is 4.93. The van der Waals surface area contributed by atoms with Crippen molar-refractivity contribution >= 4 is 11.7 Å². The van der Waals surface area contributed by atoms with Gasteiger partial charge in [0.25, 0.3) is 0 Å². The van der Waals surface area contributed by atoms with Crippen LogP contribution in [-0.4, -0.2) is 67.7 Å². The Kier molecular flexibility index (Phi) is 10.2. The van der Waals surface area contributed by atoms with Crippen LogP contribution >= 0.6 is 0 Å². The smallest absolute Gasteiger partial charge is 0.220 e. The molecule has 9 heteroatoms. The highest BCUT2D eigenvalue weighted by atomic mass is 16.6. The van der Waals surface area contributed by atoms with Crippen LogP contribution in [0.5, 0.6) is 11.5 Å². The van der Waals surface area contributed by atoms with E-state index in [4.69, 9.17) is 18.9 Å². The molecule has 3 aliphatic rings. The van der Waals surface area contributed by atoms with Crippen molar-refractivity contribution in [1.82, 2.24) is 10.2 Å². The number of methoxy groups -OCH3 is 2. The molecule has 0 saturated carbocycles. The summed E-state index contributed by atoms with van der Waals surface area (Å²) in [5.41, 5.74) is 1.50. The quantitative estimate of drug-likeness (QED) is 0.363. The number of aliphatic hydroxyl groups excluding tert-OH is 1. The maximum absolute atomic E-state index is 12.9. The highest BCUT2D eigenvalue weighted by Gasteiger charge is 2.31. The van der Waals surface area contributed by atoms with E-state index in [0.717, 1.165) is 44.3 Å². The highest BCUT2D eigenvalue weighted by Crippen LogP contribution is 2.29. The normalized spacial score (nSPS) is 18.6. The monoisotopic (exact) mass is 538 g/mol. The zero-order chi connectivity index (χ0) is 27.6. The Labute approximate surface area is 229 Å². The Bertz CT molecular complexity index is 1150. The number of ketones is 1. The third-order valence-electron chi connectivity index (χ3n) is 7.10. The molecule has 4 rings (SSSR count). The van der Waals surface area contributed by atoms with Crippen LogP contribution in [-0.2, 0) is 14.3 Å². The van der Waals surface area contributed by atoms with Gasteiger partial charge in [0.05, 0.1) is 20.3 Å². The lowest BCUT2D eigenvalue weighted by Gasteiger charge is -2.30. The summed E-state index contributed by atoms with van der Waals surface area (Å²) in [4.78, 5) is 27.8. The Morgan fingerprint density at radius 2 is 1.90 bits per heavy atom. The Morgan fingerprint density at radius 3 is 2.62 bits per heavy atom. The fraction of sp³-hybridized carbons (Fsp3) is 0.467. The first-order valence-electron chi connectivity index (χ1n) is 13.5. The molecule has 1 aromatic rings. The summed E-state index contributed by atoms with van der Waals surface area (Å²) in [5.74, 6) is 1.55. The summed E-state index contributed by atoms with van der Waals surface area (Å²) in [6.45, 7) is 2.32. The van der Waals surface area contributed by atoms with E-state index in [9.17, 15) is 14.7 Å². The number of amides is 1. The summed E-state index contributed by atoms with van der Waals surface area (Å²) in [7, 11) is 3.06. The standard InChI is InChI=1S/C30H38N2O7/c1-36-25-14-13-22(17-26(25)37-2)24(33)11-8-12-29(34)31-23(18-32-15-6-7-16-32)30(35)28-20-38-19-27(39-28)21-9-4-3-5-10-21/h3-4,9,13-14,17,19-20,23,30,35H,5-8,10-12,15-16,18H2,1-2H3,(H,31,34)/t23-,30-/m1/s1. The molecule has 1 aliphatic carbocycles. The number of rotatable bonds is 13. The van der Waals surface area contributed by atoms with E-state index >= 15 is 0 Å². The van der Waals surface area contributed by atoms with Gasteiger partial charge in [0, 0.05) is 24.9 Å². The molecule has 0 bridgehead atoms. The second-order valence-electron chi connectivity index (χ2n) is 9.87. The molecule has 0 radical (unpaired) electrons. The van der Waals surface area contributed by atoms with Crippen molar-refractivity contribution in [3.8, 4) is 11.5 Å². The number of hydrogen-bond donors (Lipinski definition) is 2. The van der Waals surface area contributed by atoms with Crippen molar-refractivity contribution < 1.29 is 33.6 Å². The first kappa shape index (κ1) is 28.4. The van der Waals surface area contributed by atoms with Gasteiger partial charge >= 0.3 is 0 Å². The molecule has 0 unspecified atom stereocenters. The van der Waals surface area contributed by atoms with Crippen LogP contribution in [0.3, 0.4) is 0 Å². The fourth-order valence-corrected chi connectivity index (χ4v) is 4.93. The molecule has 2 heterocycles. The maximum Gasteiger partial charge on any atom is 0.220 e. The van der Waals surface area contributed by atoms with Crippen molar-refractivity contribution in [2.24, 2.45) is 0 Å². The number of benzene rings is 1. The van der Waals surface area contributed by atoms with Gasteiger partial charge in [-0.15, -0.1) is 0 Å². The number of carbonyl (C=O) groups is 2. The minimum atomic E-state index is -1.09. The largest absolute Gasteiger partial charge is 0.493 e. The van der Waals surface area contributed by atoms with Crippen molar-refractivity contribution in [2.75, 3.05) is 33.9 Å². The molecule has 1 saturated heterocycles. The van der Waals surface area contributed by atoms with E-state index < -0.39 is 12.1 Å². The molecule has 0 aromatic heterocycles. The Balaban J connectivity index is 1.33. The zero-order valence-electron chi connectivity index (χ0n) is 22.7. The van der Waals surface area contributed by atoms with E-state index in [-0.39, 0.29) is 30.3 Å². The third-order valence-corrected chi connectivity index (χ3v) is 7.10. The van der Waals surface area contributed by atoms with Gasteiger partial charge in [0.15, 0.2) is 28.8 Å². The SMILES string of the molecule is COc1ccc(C(=O)CCCC(=O)N[C@H](CN2CCCC2)[C@@H](O)C2=COC=C(C3=CC=CCC3)O2)cc1OC.